The molecule has 1 N–H and O–H groups in total. The summed E-state index contributed by atoms with van der Waals surface area (Å²) in [5.41, 5.74) is 7.78. The molecule has 6 rings (SSSR count). The van der Waals surface area contributed by atoms with E-state index in [9.17, 15) is 5.11 Å². The van der Waals surface area contributed by atoms with Crippen LogP contribution in [0.4, 0.5) is 5.69 Å². The zero-order chi connectivity index (χ0) is 38.2. The molecular formula is C47H63N3O2. The summed E-state index contributed by atoms with van der Waals surface area (Å²) in [5.74, 6) is 2.36. The molecule has 0 saturated heterocycles. The van der Waals surface area contributed by atoms with Gasteiger partial charge in [0.2, 0.25) is 5.88 Å². The van der Waals surface area contributed by atoms with Gasteiger partial charge in [0.1, 0.15) is 22.9 Å². The molecule has 1 aliphatic carbocycles. The Hall–Kier alpha value is -3.86. The second-order valence-corrected chi connectivity index (χ2v) is 20.6. The van der Waals surface area contributed by atoms with Crippen LogP contribution in [0, 0.1) is 5.41 Å². The summed E-state index contributed by atoms with van der Waals surface area (Å²) < 4.78 is 6.62. The van der Waals surface area contributed by atoms with Crippen molar-refractivity contribution in [1.82, 2.24) is 4.98 Å². The molecule has 0 unspecified atom stereocenters. The molecule has 1 aromatic heterocycles. The van der Waals surface area contributed by atoms with E-state index < -0.39 is 0 Å². The van der Waals surface area contributed by atoms with Gasteiger partial charge in [0.25, 0.3) is 0 Å². The zero-order valence-electron chi connectivity index (χ0n) is 34.5. The Balaban J connectivity index is 1.50. The zero-order valence-corrected chi connectivity index (χ0v) is 34.5. The number of benzene rings is 3. The lowest BCUT2D eigenvalue weighted by atomic mass is 9.80. The van der Waals surface area contributed by atoms with Crippen molar-refractivity contribution in [2.75, 3.05) is 4.90 Å². The maximum atomic E-state index is 11.0. The molecule has 0 spiro atoms. The van der Waals surface area contributed by atoms with Crippen LogP contribution in [0.1, 0.15) is 150 Å². The predicted octanol–water partition coefficient (Wildman–Crippen LogP) is 12.5. The van der Waals surface area contributed by atoms with E-state index in [0.717, 1.165) is 35.2 Å². The SMILES string of the molecule is CC1(C)CCC[C@H]2[C@H](C1)N=C(c1cc(Oc3ccc4cc(C(C)(C)C)cc(O)c4n3)cc(C(C)(C)C)c1)N2c1cc(C(C)(C)C)cc(C(C)(C)C)c1. The van der Waals surface area contributed by atoms with E-state index in [1.807, 2.05) is 18.2 Å². The highest BCUT2D eigenvalue weighted by molar-refractivity contribution is 6.12. The Morgan fingerprint density at radius 1 is 0.712 bits per heavy atom. The third kappa shape index (κ3) is 7.89. The molecule has 2 aliphatic rings. The number of phenols is 1. The summed E-state index contributed by atoms with van der Waals surface area (Å²) in [7, 11) is 0. The van der Waals surface area contributed by atoms with Crippen molar-refractivity contribution in [1.29, 1.82) is 0 Å². The van der Waals surface area contributed by atoms with Crippen molar-refractivity contribution in [3.05, 3.63) is 88.5 Å². The van der Waals surface area contributed by atoms with Crippen LogP contribution >= 0.6 is 0 Å². The highest BCUT2D eigenvalue weighted by Gasteiger charge is 2.43. The summed E-state index contributed by atoms with van der Waals surface area (Å²) in [5, 5.41) is 11.9. The average molecular weight is 702 g/mol. The molecule has 0 amide bonds. The Kier molecular flexibility index (Phi) is 9.41. The molecular weight excluding hydrogens is 639 g/mol. The van der Waals surface area contributed by atoms with Gasteiger partial charge in [-0.15, -0.1) is 0 Å². The number of pyridine rings is 1. The largest absolute Gasteiger partial charge is 0.506 e. The maximum Gasteiger partial charge on any atom is 0.219 e. The maximum absolute atomic E-state index is 11.0. The summed E-state index contributed by atoms with van der Waals surface area (Å²) in [4.78, 5) is 13.1. The monoisotopic (exact) mass is 701 g/mol. The van der Waals surface area contributed by atoms with Gasteiger partial charge >= 0.3 is 0 Å². The Bertz CT molecular complexity index is 1980. The second-order valence-electron chi connectivity index (χ2n) is 20.6. The molecule has 1 saturated carbocycles. The van der Waals surface area contributed by atoms with Gasteiger partial charge in [-0.2, -0.15) is 0 Å². The standard InChI is InChI=1S/C47H63N3O2/c1-43(2,3)31-21-30(22-36(26-31)52-40-18-17-29-20-32(44(4,5)6)27-39(51)41(29)49-40)42-48-37-28-47(13,14)19-15-16-38(37)50(42)35-24-33(45(7,8)9)23-34(25-35)46(10,11)12/h17-18,20-27,37-38,51H,15-16,19,28H2,1-14H3/t37-,38-/m0/s1. The lowest BCUT2D eigenvalue weighted by Crippen LogP contribution is -2.40. The van der Waals surface area contributed by atoms with Crippen LogP contribution in [0.15, 0.2) is 65.7 Å². The molecule has 2 atom stereocenters. The number of amidine groups is 1. The highest BCUT2D eigenvalue weighted by atomic mass is 16.5. The van der Waals surface area contributed by atoms with Gasteiger partial charge in [-0.3, -0.25) is 4.99 Å². The number of phenolic OH excluding ortho intramolecular Hbond substituents is 1. The molecule has 278 valence electrons. The first-order valence-corrected chi connectivity index (χ1v) is 19.4. The summed E-state index contributed by atoms with van der Waals surface area (Å²) in [6, 6.07) is 22.2. The first kappa shape index (κ1) is 37.9. The summed E-state index contributed by atoms with van der Waals surface area (Å²) in [6.45, 7) is 31.9. The van der Waals surface area contributed by atoms with Crippen molar-refractivity contribution in [3.8, 4) is 17.4 Å². The smallest absolute Gasteiger partial charge is 0.219 e. The van der Waals surface area contributed by atoms with Crippen LogP contribution in [0.25, 0.3) is 10.9 Å². The van der Waals surface area contributed by atoms with Crippen LogP contribution in [-0.4, -0.2) is 28.0 Å². The van der Waals surface area contributed by atoms with E-state index in [4.69, 9.17) is 14.7 Å². The molecule has 4 aromatic rings. The van der Waals surface area contributed by atoms with Gasteiger partial charge < -0.3 is 14.7 Å². The number of aromatic hydroxyl groups is 1. The van der Waals surface area contributed by atoms with Gasteiger partial charge in [0.15, 0.2) is 0 Å². The van der Waals surface area contributed by atoms with E-state index in [-0.39, 0.29) is 44.9 Å². The molecule has 5 heteroatoms. The van der Waals surface area contributed by atoms with E-state index in [0.29, 0.717) is 17.1 Å². The van der Waals surface area contributed by atoms with Crippen LogP contribution in [0.2, 0.25) is 0 Å². The van der Waals surface area contributed by atoms with Gasteiger partial charge in [-0.1, -0.05) is 109 Å². The number of hydrogen-bond donors (Lipinski definition) is 1. The quantitative estimate of drug-likeness (QED) is 0.230. The van der Waals surface area contributed by atoms with Gasteiger partial charge in [0, 0.05) is 22.7 Å². The van der Waals surface area contributed by atoms with E-state index >= 15 is 0 Å². The number of rotatable bonds is 4. The minimum atomic E-state index is -0.131. The average Bonchev–Trinajstić information content (AvgIpc) is 3.28. The first-order chi connectivity index (χ1) is 23.9. The fraction of sp³-hybridized carbons (Fsp3) is 0.532. The first-order valence-electron chi connectivity index (χ1n) is 19.4. The van der Waals surface area contributed by atoms with Crippen molar-refractivity contribution in [2.45, 2.75) is 156 Å². The number of ether oxygens (including phenoxy) is 1. The minimum absolute atomic E-state index is 0.000645. The Morgan fingerprint density at radius 2 is 1.29 bits per heavy atom. The van der Waals surface area contributed by atoms with Crippen molar-refractivity contribution < 1.29 is 9.84 Å². The van der Waals surface area contributed by atoms with Gasteiger partial charge in [-0.05, 0) is 117 Å². The molecule has 1 aliphatic heterocycles. The Labute approximate surface area is 313 Å². The molecule has 1 fully saturated rings. The fourth-order valence-electron chi connectivity index (χ4n) is 7.77. The van der Waals surface area contributed by atoms with Crippen LogP contribution < -0.4 is 9.64 Å². The van der Waals surface area contributed by atoms with E-state index in [1.165, 1.54) is 35.2 Å². The number of anilines is 1. The molecule has 0 radical (unpaired) electrons. The van der Waals surface area contributed by atoms with Crippen LogP contribution in [-0.2, 0) is 21.7 Å². The molecule has 3 aromatic carbocycles. The summed E-state index contributed by atoms with van der Waals surface area (Å²) in [6.07, 6.45) is 4.58. The minimum Gasteiger partial charge on any atom is -0.506 e. The number of hydrogen-bond acceptors (Lipinski definition) is 5. The molecule has 52 heavy (non-hydrogen) atoms. The van der Waals surface area contributed by atoms with Gasteiger partial charge in [0.05, 0.1) is 12.1 Å². The Morgan fingerprint density at radius 3 is 1.88 bits per heavy atom. The van der Waals surface area contributed by atoms with Crippen molar-refractivity contribution in [3.63, 3.8) is 0 Å². The van der Waals surface area contributed by atoms with Crippen molar-refractivity contribution >= 4 is 22.4 Å². The summed E-state index contributed by atoms with van der Waals surface area (Å²) >= 11 is 0. The second kappa shape index (κ2) is 12.9. The third-order valence-electron chi connectivity index (χ3n) is 11.2. The molecule has 2 heterocycles. The normalized spacial score (nSPS) is 19.7. The lowest BCUT2D eigenvalue weighted by Gasteiger charge is -2.34. The number of aliphatic imine (C=N–C) groups is 1. The third-order valence-corrected chi connectivity index (χ3v) is 11.2. The molecule has 5 nitrogen and oxygen atoms in total. The number of fused-ring (bicyclic) bond motifs is 2. The van der Waals surface area contributed by atoms with Crippen molar-refractivity contribution in [2.24, 2.45) is 10.4 Å². The van der Waals surface area contributed by atoms with Crippen LogP contribution in [0.5, 0.6) is 17.4 Å². The van der Waals surface area contributed by atoms with Gasteiger partial charge in [-0.25, -0.2) is 4.98 Å². The number of nitrogens with zero attached hydrogens (tertiary/aromatic N) is 3. The van der Waals surface area contributed by atoms with E-state index in [1.54, 1.807) is 0 Å². The predicted molar refractivity (Wildman–Crippen MR) is 220 cm³/mol. The fourth-order valence-corrected chi connectivity index (χ4v) is 7.77. The molecule has 0 bridgehead atoms. The van der Waals surface area contributed by atoms with Crippen LogP contribution in [0.3, 0.4) is 0 Å². The highest BCUT2D eigenvalue weighted by Crippen LogP contribution is 2.44. The van der Waals surface area contributed by atoms with E-state index in [2.05, 4.69) is 144 Å². The number of aromatic nitrogens is 1. The topological polar surface area (TPSA) is 58.0 Å². The lowest BCUT2D eigenvalue weighted by molar-refractivity contribution is 0.298.